The molecule has 1 saturated heterocycles. The van der Waals surface area contributed by atoms with E-state index in [1.54, 1.807) is 18.6 Å². The van der Waals surface area contributed by atoms with Gasteiger partial charge in [-0.1, -0.05) is 36.4 Å². The molecule has 1 fully saturated rings. The maximum absolute atomic E-state index is 13.6. The van der Waals surface area contributed by atoms with Crippen molar-refractivity contribution in [1.29, 1.82) is 0 Å². The number of piperidine rings is 1. The van der Waals surface area contributed by atoms with Crippen LogP contribution in [0, 0.1) is 0 Å². The van der Waals surface area contributed by atoms with E-state index in [4.69, 9.17) is 4.74 Å². The van der Waals surface area contributed by atoms with Crippen molar-refractivity contribution in [1.82, 2.24) is 19.9 Å². The Labute approximate surface area is 187 Å². The molecule has 0 radical (unpaired) electrons. The Morgan fingerprint density at radius 2 is 1.91 bits per heavy atom. The fourth-order valence-electron chi connectivity index (χ4n) is 4.41. The van der Waals surface area contributed by atoms with Crippen molar-refractivity contribution in [2.75, 3.05) is 6.54 Å². The second-order valence-corrected chi connectivity index (χ2v) is 8.33. The van der Waals surface area contributed by atoms with Crippen LogP contribution in [0.5, 0.6) is 5.88 Å². The molecule has 5 rings (SSSR count). The summed E-state index contributed by atoms with van der Waals surface area (Å²) in [4.78, 5) is 27.4. The van der Waals surface area contributed by atoms with Gasteiger partial charge < -0.3 is 14.6 Å². The number of ether oxygens (including phenoxy) is 1. The smallest absolute Gasteiger partial charge is 0.254 e. The molecule has 4 aromatic rings. The predicted molar refractivity (Wildman–Crippen MR) is 124 cm³/mol. The van der Waals surface area contributed by atoms with E-state index >= 15 is 0 Å². The van der Waals surface area contributed by atoms with Gasteiger partial charge in [0.1, 0.15) is 11.9 Å². The summed E-state index contributed by atoms with van der Waals surface area (Å²) < 4.78 is 6.33. The third kappa shape index (κ3) is 4.08. The zero-order valence-corrected chi connectivity index (χ0v) is 18.1. The minimum Gasteiger partial charge on any atom is -0.472 e. The number of fused-ring (bicyclic) bond motifs is 1. The average molecular weight is 427 g/mol. The summed E-state index contributed by atoms with van der Waals surface area (Å²) in [5, 5.41) is 2.09. The topological polar surface area (TPSA) is 71.1 Å². The molecular weight excluding hydrogens is 400 g/mol. The first-order chi connectivity index (χ1) is 15.7. The Kier molecular flexibility index (Phi) is 5.58. The Hall–Kier alpha value is -3.67. The lowest BCUT2D eigenvalue weighted by molar-refractivity contribution is 0.0376. The van der Waals surface area contributed by atoms with Crippen LogP contribution in [-0.4, -0.2) is 44.4 Å². The van der Waals surface area contributed by atoms with Crippen LogP contribution in [0.1, 0.15) is 41.5 Å². The van der Waals surface area contributed by atoms with Gasteiger partial charge in [0, 0.05) is 42.0 Å². The molecule has 32 heavy (non-hydrogen) atoms. The van der Waals surface area contributed by atoms with Gasteiger partial charge in [0.15, 0.2) is 0 Å². The quantitative estimate of drug-likeness (QED) is 0.505. The Bertz CT molecular complexity index is 1220. The number of aromatic amines is 1. The molecule has 162 valence electrons. The van der Waals surface area contributed by atoms with E-state index in [-0.39, 0.29) is 18.1 Å². The van der Waals surface area contributed by atoms with Crippen LogP contribution in [0.2, 0.25) is 0 Å². The highest BCUT2D eigenvalue weighted by atomic mass is 16.5. The van der Waals surface area contributed by atoms with Crippen molar-refractivity contribution < 1.29 is 9.53 Å². The van der Waals surface area contributed by atoms with E-state index in [1.807, 2.05) is 53.4 Å². The van der Waals surface area contributed by atoms with Gasteiger partial charge in [-0.25, -0.2) is 9.97 Å². The number of likely N-dealkylation sites (tertiary alicyclic amines) is 1. The van der Waals surface area contributed by atoms with E-state index in [0.29, 0.717) is 18.8 Å². The summed E-state index contributed by atoms with van der Waals surface area (Å²) in [6.07, 6.45) is 7.59. The summed E-state index contributed by atoms with van der Waals surface area (Å²) in [5.74, 6) is 1.52. The van der Waals surface area contributed by atoms with Crippen molar-refractivity contribution in [2.24, 2.45) is 0 Å². The molecule has 0 bridgehead atoms. The fourth-order valence-corrected chi connectivity index (χ4v) is 4.41. The molecule has 0 saturated carbocycles. The number of benzene rings is 2. The Balaban J connectivity index is 1.36. The first-order valence-corrected chi connectivity index (χ1v) is 11.1. The summed E-state index contributed by atoms with van der Waals surface area (Å²) in [6.45, 7) is 2.65. The van der Waals surface area contributed by atoms with Crippen LogP contribution in [0.15, 0.2) is 73.2 Å². The number of aromatic nitrogens is 3. The van der Waals surface area contributed by atoms with Crippen LogP contribution in [-0.2, 0) is 6.42 Å². The van der Waals surface area contributed by atoms with Gasteiger partial charge >= 0.3 is 0 Å². The van der Waals surface area contributed by atoms with Crippen LogP contribution >= 0.6 is 0 Å². The largest absolute Gasteiger partial charge is 0.472 e. The number of hydrogen-bond acceptors (Lipinski definition) is 4. The molecule has 0 aliphatic carbocycles. The molecule has 6 heteroatoms. The summed E-state index contributed by atoms with van der Waals surface area (Å²) in [7, 11) is 0. The van der Waals surface area contributed by atoms with Gasteiger partial charge in [0.2, 0.25) is 5.88 Å². The fraction of sp³-hybridized carbons (Fsp3) is 0.269. The average Bonchev–Trinajstić information content (AvgIpc) is 3.34. The summed E-state index contributed by atoms with van der Waals surface area (Å²) in [5.41, 5.74) is 1.69. The predicted octanol–water partition coefficient (Wildman–Crippen LogP) is 4.62. The number of carbonyl (C=O) groups is 1. The van der Waals surface area contributed by atoms with Crippen LogP contribution in [0.25, 0.3) is 10.8 Å². The molecule has 6 nitrogen and oxygen atoms in total. The third-order valence-corrected chi connectivity index (χ3v) is 6.18. The Morgan fingerprint density at radius 3 is 2.78 bits per heavy atom. The van der Waals surface area contributed by atoms with E-state index in [0.717, 1.165) is 40.6 Å². The number of carbonyl (C=O) groups excluding carboxylic acids is 1. The van der Waals surface area contributed by atoms with Gasteiger partial charge in [-0.05, 0) is 48.9 Å². The van der Waals surface area contributed by atoms with Gasteiger partial charge in [0.05, 0.1) is 6.54 Å². The molecule has 2 aromatic carbocycles. The number of hydrogen-bond donors (Lipinski definition) is 1. The van der Waals surface area contributed by atoms with Gasteiger partial charge in [0.25, 0.3) is 5.91 Å². The van der Waals surface area contributed by atoms with E-state index in [1.165, 1.54) is 0 Å². The number of nitrogens with zero attached hydrogens (tertiary/aromatic N) is 3. The molecule has 2 atom stereocenters. The lowest BCUT2D eigenvalue weighted by atomic mass is 9.97. The summed E-state index contributed by atoms with van der Waals surface area (Å²) in [6, 6.07) is 18.0. The molecule has 1 aliphatic rings. The normalized spacial score (nSPS) is 18.6. The number of imidazole rings is 1. The van der Waals surface area contributed by atoms with Crippen molar-refractivity contribution in [3.05, 3.63) is 90.1 Å². The van der Waals surface area contributed by atoms with Crippen molar-refractivity contribution in [2.45, 2.75) is 38.3 Å². The highest BCUT2D eigenvalue weighted by Crippen LogP contribution is 2.28. The lowest BCUT2D eigenvalue weighted by Crippen LogP contribution is -2.49. The highest BCUT2D eigenvalue weighted by Gasteiger charge is 2.32. The van der Waals surface area contributed by atoms with Gasteiger partial charge in [-0.15, -0.1) is 0 Å². The van der Waals surface area contributed by atoms with Gasteiger partial charge in [-0.3, -0.25) is 4.79 Å². The van der Waals surface area contributed by atoms with Crippen LogP contribution < -0.4 is 4.74 Å². The number of nitrogens with one attached hydrogen (secondary N) is 1. The number of amides is 1. The number of pyridine rings is 1. The second kappa shape index (κ2) is 8.83. The van der Waals surface area contributed by atoms with Crippen molar-refractivity contribution in [3.8, 4) is 5.88 Å². The number of rotatable bonds is 5. The highest BCUT2D eigenvalue weighted by molar-refractivity contribution is 5.96. The molecule has 1 amide bonds. The molecule has 1 aliphatic heterocycles. The van der Waals surface area contributed by atoms with E-state index in [2.05, 4.69) is 27.9 Å². The monoisotopic (exact) mass is 426 g/mol. The SMILES string of the molecule is CC1CCC(Oc2nccc3ccccc23)CN1C(=O)c1ccccc1Cc1ncc[nH]1. The molecule has 1 N–H and O–H groups in total. The molecule has 2 aromatic heterocycles. The molecule has 2 unspecified atom stereocenters. The molecular formula is C26H26N4O2. The molecule has 0 spiro atoms. The van der Waals surface area contributed by atoms with Crippen LogP contribution in [0.3, 0.4) is 0 Å². The standard InChI is InChI=1S/C26H26N4O2/c1-18-10-11-21(32-25-22-8-4-2-6-19(22)12-13-29-25)17-30(18)26(31)23-9-5-3-7-20(23)16-24-27-14-15-28-24/h2-9,12-15,18,21H,10-11,16-17H2,1H3,(H,27,28). The maximum atomic E-state index is 13.6. The second-order valence-electron chi connectivity index (χ2n) is 8.33. The third-order valence-electron chi connectivity index (χ3n) is 6.18. The number of H-pyrrole nitrogens is 1. The zero-order valence-electron chi connectivity index (χ0n) is 18.1. The molecule has 3 heterocycles. The minimum atomic E-state index is -0.0920. The zero-order chi connectivity index (χ0) is 21.9. The van der Waals surface area contributed by atoms with Crippen molar-refractivity contribution >= 4 is 16.7 Å². The maximum Gasteiger partial charge on any atom is 0.254 e. The first kappa shape index (κ1) is 20.2. The van der Waals surface area contributed by atoms with E-state index < -0.39 is 0 Å². The minimum absolute atomic E-state index is 0.0406. The first-order valence-electron chi connectivity index (χ1n) is 11.1. The van der Waals surface area contributed by atoms with Crippen molar-refractivity contribution in [3.63, 3.8) is 0 Å². The lowest BCUT2D eigenvalue weighted by Gasteiger charge is -2.38. The van der Waals surface area contributed by atoms with E-state index in [9.17, 15) is 4.79 Å². The summed E-state index contributed by atoms with van der Waals surface area (Å²) >= 11 is 0. The van der Waals surface area contributed by atoms with Crippen LogP contribution in [0.4, 0.5) is 0 Å². The Morgan fingerprint density at radius 1 is 1.06 bits per heavy atom. The van der Waals surface area contributed by atoms with Gasteiger partial charge in [-0.2, -0.15) is 0 Å².